The molecule has 7 nitrogen and oxygen atoms in total. The SMILES string of the molecule is CCOc1ccc(NC(=O)C2CCN(S(=O)(=O)c3ccc(F)c(Cl)c3)CC2)cc1OCC. The third-order valence-electron chi connectivity index (χ3n) is 5.16. The maximum Gasteiger partial charge on any atom is 0.243 e. The normalized spacial score (nSPS) is 15.4. The first-order valence-electron chi connectivity index (χ1n) is 10.4. The van der Waals surface area contributed by atoms with Gasteiger partial charge in [0.25, 0.3) is 0 Å². The molecule has 0 spiro atoms. The molecule has 32 heavy (non-hydrogen) atoms. The number of nitrogens with one attached hydrogen (secondary N) is 1. The second kappa shape index (κ2) is 10.5. The maximum atomic E-state index is 13.4. The molecule has 1 amide bonds. The summed E-state index contributed by atoms with van der Waals surface area (Å²) in [6.07, 6.45) is 0.741. The fraction of sp³-hybridized carbons (Fsp3) is 0.409. The highest BCUT2D eigenvalue weighted by atomic mass is 35.5. The molecule has 1 fully saturated rings. The van der Waals surface area contributed by atoms with E-state index in [0.29, 0.717) is 43.2 Å². The second-order valence-corrected chi connectivity index (χ2v) is 9.62. The molecule has 1 N–H and O–H groups in total. The highest BCUT2D eigenvalue weighted by Crippen LogP contribution is 2.32. The summed E-state index contributed by atoms with van der Waals surface area (Å²) >= 11 is 5.73. The first-order chi connectivity index (χ1) is 15.3. The molecule has 1 saturated heterocycles. The maximum absolute atomic E-state index is 13.4. The molecule has 2 aromatic rings. The molecule has 0 unspecified atom stereocenters. The number of nitrogens with zero attached hydrogens (tertiary/aromatic N) is 1. The van der Waals surface area contributed by atoms with E-state index in [1.165, 1.54) is 10.4 Å². The molecule has 0 radical (unpaired) electrons. The van der Waals surface area contributed by atoms with Gasteiger partial charge in [0.15, 0.2) is 11.5 Å². The Morgan fingerprint density at radius 1 is 1.09 bits per heavy atom. The summed E-state index contributed by atoms with van der Waals surface area (Å²) in [5, 5.41) is 2.63. The molecule has 1 aliphatic rings. The lowest BCUT2D eigenvalue weighted by molar-refractivity contribution is -0.120. The molecule has 1 heterocycles. The minimum atomic E-state index is -3.81. The van der Waals surface area contributed by atoms with E-state index in [9.17, 15) is 17.6 Å². The van der Waals surface area contributed by atoms with Crippen molar-refractivity contribution in [2.75, 3.05) is 31.6 Å². The van der Waals surface area contributed by atoms with E-state index < -0.39 is 15.8 Å². The largest absolute Gasteiger partial charge is 0.490 e. The summed E-state index contributed by atoms with van der Waals surface area (Å²) in [5.74, 6) is -0.0422. The molecule has 0 aliphatic carbocycles. The number of benzene rings is 2. The van der Waals surface area contributed by atoms with Crippen molar-refractivity contribution in [3.63, 3.8) is 0 Å². The molecule has 174 valence electrons. The molecular weight excluding hydrogens is 459 g/mol. The fourth-order valence-electron chi connectivity index (χ4n) is 3.52. The number of rotatable bonds is 8. The first-order valence-corrected chi connectivity index (χ1v) is 12.2. The monoisotopic (exact) mass is 484 g/mol. The van der Waals surface area contributed by atoms with E-state index in [0.717, 1.165) is 12.1 Å². The zero-order chi connectivity index (χ0) is 23.3. The summed E-state index contributed by atoms with van der Waals surface area (Å²) in [5.41, 5.74) is 0.581. The Hall–Kier alpha value is -2.36. The molecule has 1 aliphatic heterocycles. The van der Waals surface area contributed by atoms with Gasteiger partial charge >= 0.3 is 0 Å². The van der Waals surface area contributed by atoms with Crippen LogP contribution in [-0.4, -0.2) is 44.9 Å². The number of halogens is 2. The number of sulfonamides is 1. The van der Waals surface area contributed by atoms with Gasteiger partial charge in [0, 0.05) is 30.8 Å². The molecule has 0 saturated carbocycles. The van der Waals surface area contributed by atoms with E-state index in [-0.39, 0.29) is 34.8 Å². The number of carbonyl (C=O) groups is 1. The van der Waals surface area contributed by atoms with Crippen molar-refractivity contribution in [2.45, 2.75) is 31.6 Å². The van der Waals surface area contributed by atoms with Crippen molar-refractivity contribution in [3.05, 3.63) is 47.2 Å². The topological polar surface area (TPSA) is 84.9 Å². The molecule has 3 rings (SSSR count). The van der Waals surface area contributed by atoms with Crippen LogP contribution in [0.4, 0.5) is 10.1 Å². The van der Waals surface area contributed by atoms with E-state index in [1.807, 2.05) is 13.8 Å². The number of piperidine rings is 1. The smallest absolute Gasteiger partial charge is 0.243 e. The molecule has 0 bridgehead atoms. The lowest BCUT2D eigenvalue weighted by Crippen LogP contribution is -2.41. The molecule has 10 heteroatoms. The molecule has 2 aromatic carbocycles. The van der Waals surface area contributed by atoms with E-state index in [4.69, 9.17) is 21.1 Å². The zero-order valence-electron chi connectivity index (χ0n) is 17.9. The predicted molar refractivity (Wildman–Crippen MR) is 120 cm³/mol. The van der Waals surface area contributed by atoms with E-state index >= 15 is 0 Å². The van der Waals surface area contributed by atoms with Crippen molar-refractivity contribution in [1.82, 2.24) is 4.31 Å². The summed E-state index contributed by atoms with van der Waals surface area (Å²) in [6.45, 7) is 5.07. The predicted octanol–water partition coefficient (Wildman–Crippen LogP) is 4.32. The van der Waals surface area contributed by atoms with Crippen LogP contribution in [-0.2, 0) is 14.8 Å². The summed E-state index contributed by atoms with van der Waals surface area (Å²) < 4.78 is 51.4. The Bertz CT molecular complexity index is 1070. The number of hydrogen-bond donors (Lipinski definition) is 1. The highest BCUT2D eigenvalue weighted by Gasteiger charge is 2.32. The van der Waals surface area contributed by atoms with Crippen molar-refractivity contribution in [1.29, 1.82) is 0 Å². The van der Waals surface area contributed by atoms with Gasteiger partial charge in [-0.2, -0.15) is 4.31 Å². The van der Waals surface area contributed by atoms with Crippen LogP contribution in [0.15, 0.2) is 41.3 Å². The summed E-state index contributed by atoms with van der Waals surface area (Å²) in [6, 6.07) is 8.52. The van der Waals surface area contributed by atoms with Gasteiger partial charge in [-0.05, 0) is 57.0 Å². The minimum Gasteiger partial charge on any atom is -0.490 e. The fourth-order valence-corrected chi connectivity index (χ4v) is 5.26. The van der Waals surface area contributed by atoms with Crippen LogP contribution in [0.25, 0.3) is 0 Å². The number of carbonyl (C=O) groups excluding carboxylic acids is 1. The van der Waals surface area contributed by atoms with E-state index in [1.54, 1.807) is 18.2 Å². The van der Waals surface area contributed by atoms with E-state index in [2.05, 4.69) is 5.32 Å². The molecule has 0 aromatic heterocycles. The van der Waals surface area contributed by atoms with Crippen LogP contribution < -0.4 is 14.8 Å². The zero-order valence-corrected chi connectivity index (χ0v) is 19.5. The number of amides is 1. The standard InChI is InChI=1S/C22H26ClFN2O5S/c1-3-30-20-8-5-16(13-21(20)31-4-2)25-22(27)15-9-11-26(12-10-15)32(28,29)17-6-7-19(24)18(23)14-17/h5-8,13-15H,3-4,9-12H2,1-2H3,(H,25,27). The third-order valence-corrected chi connectivity index (χ3v) is 7.35. The number of ether oxygens (including phenoxy) is 2. The van der Waals surface area contributed by atoms with Crippen molar-refractivity contribution >= 4 is 33.2 Å². The van der Waals surface area contributed by atoms with Crippen LogP contribution in [0, 0.1) is 11.7 Å². The molecule has 0 atom stereocenters. The Morgan fingerprint density at radius 2 is 1.75 bits per heavy atom. The Balaban J connectivity index is 1.63. The van der Waals surface area contributed by atoms with Crippen LogP contribution in [0.2, 0.25) is 5.02 Å². The van der Waals surface area contributed by atoms with Crippen LogP contribution in [0.1, 0.15) is 26.7 Å². The van der Waals surface area contributed by atoms with Gasteiger partial charge in [0.05, 0.1) is 23.1 Å². The van der Waals surface area contributed by atoms with Crippen molar-refractivity contribution in [2.24, 2.45) is 5.92 Å². The lowest BCUT2D eigenvalue weighted by Gasteiger charge is -2.30. The molecular formula is C22H26ClFN2O5S. The summed E-state index contributed by atoms with van der Waals surface area (Å²) in [7, 11) is -3.81. The quantitative estimate of drug-likeness (QED) is 0.603. The summed E-state index contributed by atoms with van der Waals surface area (Å²) in [4.78, 5) is 12.7. The van der Waals surface area contributed by atoms with Gasteiger partial charge in [-0.15, -0.1) is 0 Å². The van der Waals surface area contributed by atoms with Crippen molar-refractivity contribution < 1.29 is 27.1 Å². The number of hydrogen-bond acceptors (Lipinski definition) is 5. The van der Waals surface area contributed by atoms with Gasteiger partial charge in [-0.1, -0.05) is 11.6 Å². The minimum absolute atomic E-state index is 0.0651. The second-order valence-electron chi connectivity index (χ2n) is 7.27. The van der Waals surface area contributed by atoms with Gasteiger partial charge in [-0.25, -0.2) is 12.8 Å². The first kappa shape index (κ1) is 24.3. The average molecular weight is 485 g/mol. The van der Waals surface area contributed by atoms with Crippen LogP contribution >= 0.6 is 11.6 Å². The van der Waals surface area contributed by atoms with Crippen molar-refractivity contribution in [3.8, 4) is 11.5 Å². The van der Waals surface area contributed by atoms with Gasteiger partial charge in [-0.3, -0.25) is 4.79 Å². The van der Waals surface area contributed by atoms with Crippen LogP contribution in [0.3, 0.4) is 0 Å². The van der Waals surface area contributed by atoms with Gasteiger partial charge in [0.1, 0.15) is 5.82 Å². The lowest BCUT2D eigenvalue weighted by atomic mass is 9.97. The Morgan fingerprint density at radius 3 is 2.38 bits per heavy atom. The Kier molecular flexibility index (Phi) is 7.97. The van der Waals surface area contributed by atoms with Crippen LogP contribution in [0.5, 0.6) is 11.5 Å². The third kappa shape index (κ3) is 5.51. The Labute approximate surface area is 192 Å². The average Bonchev–Trinajstić information content (AvgIpc) is 2.77. The number of anilines is 1. The highest BCUT2D eigenvalue weighted by molar-refractivity contribution is 7.89. The van der Waals surface area contributed by atoms with Gasteiger partial charge < -0.3 is 14.8 Å². The van der Waals surface area contributed by atoms with Gasteiger partial charge in [0.2, 0.25) is 15.9 Å².